The van der Waals surface area contributed by atoms with Gasteiger partial charge in [0, 0.05) is 17.9 Å². The molecule has 2 aromatic heterocycles. The maximum absolute atomic E-state index is 13.5. The minimum atomic E-state index is -0.493. The van der Waals surface area contributed by atoms with Gasteiger partial charge >= 0.3 is 0 Å². The lowest BCUT2D eigenvalue weighted by molar-refractivity contribution is 0.0861. The molecule has 1 aliphatic carbocycles. The molecular formula is C26H27FN6OS. The van der Waals surface area contributed by atoms with Crippen molar-refractivity contribution < 1.29 is 9.18 Å². The van der Waals surface area contributed by atoms with Gasteiger partial charge in [0.15, 0.2) is 5.82 Å². The fourth-order valence-corrected chi connectivity index (χ4v) is 6.22. The summed E-state index contributed by atoms with van der Waals surface area (Å²) in [6.07, 6.45) is 3.27. The number of carbonyl (C=O) groups is 1. The number of aromatic nitrogens is 3. The molecule has 6 rings (SSSR count). The maximum Gasteiger partial charge on any atom is 0.266 e. The number of benzene rings is 1. The minimum Gasteiger partial charge on any atom is -0.289 e. The van der Waals surface area contributed by atoms with Crippen LogP contribution >= 0.6 is 11.8 Å². The van der Waals surface area contributed by atoms with Gasteiger partial charge in [0.1, 0.15) is 10.6 Å². The maximum atomic E-state index is 13.5. The number of carbonyl (C=O) groups excluding carboxylic acids is 1. The van der Waals surface area contributed by atoms with Crippen LogP contribution in [-0.4, -0.2) is 55.9 Å². The number of halogens is 1. The van der Waals surface area contributed by atoms with Crippen LogP contribution < -0.4 is 4.90 Å². The summed E-state index contributed by atoms with van der Waals surface area (Å²) in [5, 5.41) is 6.20. The highest BCUT2D eigenvalue weighted by Crippen LogP contribution is 2.43. The van der Waals surface area contributed by atoms with Gasteiger partial charge in [-0.2, -0.15) is 9.49 Å². The third-order valence-corrected chi connectivity index (χ3v) is 7.96. The molecule has 0 unspecified atom stereocenters. The summed E-state index contributed by atoms with van der Waals surface area (Å²) < 4.78 is 15.5. The van der Waals surface area contributed by atoms with E-state index < -0.39 is 5.95 Å². The standard InChI is InChI=1S/C26H27FN6OS/c1-15(2)35-25-22-23(33-20-8-4-7-19(20)29-26(33)31(3)24(22)34)30-32(25)14-16-10-12-17(13-11-16)18-6-5-9-21(27)28-18/h5-6,9-13,15,19-20H,4,7-8,14H2,1-3H3/t19-,20+/m1/s1. The number of amides is 1. The molecule has 4 heterocycles. The van der Waals surface area contributed by atoms with Crippen molar-refractivity contribution in [2.24, 2.45) is 4.99 Å². The van der Waals surface area contributed by atoms with Crippen molar-refractivity contribution in [2.45, 2.75) is 62.0 Å². The van der Waals surface area contributed by atoms with E-state index in [1.807, 2.05) is 36.0 Å². The first-order valence-electron chi connectivity index (χ1n) is 12.0. The summed E-state index contributed by atoms with van der Waals surface area (Å²) in [4.78, 5) is 26.2. The number of pyridine rings is 1. The van der Waals surface area contributed by atoms with Gasteiger partial charge in [-0.15, -0.1) is 11.8 Å². The smallest absolute Gasteiger partial charge is 0.266 e. The predicted octanol–water partition coefficient (Wildman–Crippen LogP) is 4.82. The number of rotatable bonds is 5. The summed E-state index contributed by atoms with van der Waals surface area (Å²) in [7, 11) is 1.82. The van der Waals surface area contributed by atoms with Crippen molar-refractivity contribution in [1.29, 1.82) is 0 Å². The van der Waals surface area contributed by atoms with Crippen molar-refractivity contribution in [2.75, 3.05) is 11.9 Å². The second kappa shape index (κ2) is 8.48. The van der Waals surface area contributed by atoms with Gasteiger partial charge in [0.25, 0.3) is 5.91 Å². The first-order valence-corrected chi connectivity index (χ1v) is 12.9. The SMILES string of the molecule is CC(C)Sc1c2c(nn1Cc1ccc(-c3cccc(F)n3)cc1)N1C(=N[C@@H]3CCC[C@@H]31)N(C)C2=O. The highest BCUT2D eigenvalue weighted by Gasteiger charge is 2.49. The van der Waals surface area contributed by atoms with Crippen LogP contribution in [0.2, 0.25) is 0 Å². The van der Waals surface area contributed by atoms with Crippen LogP contribution in [-0.2, 0) is 6.54 Å². The van der Waals surface area contributed by atoms with Crippen molar-refractivity contribution in [1.82, 2.24) is 19.7 Å². The van der Waals surface area contributed by atoms with E-state index in [1.165, 1.54) is 6.07 Å². The third kappa shape index (κ3) is 3.73. The summed E-state index contributed by atoms with van der Waals surface area (Å²) in [5.41, 5.74) is 3.18. The fraction of sp³-hybridized carbons (Fsp3) is 0.385. The van der Waals surface area contributed by atoms with Crippen LogP contribution in [0.15, 0.2) is 52.5 Å². The summed E-state index contributed by atoms with van der Waals surface area (Å²) in [6.45, 7) is 4.79. The molecule has 1 amide bonds. The molecule has 0 spiro atoms. The van der Waals surface area contributed by atoms with Gasteiger partial charge in [-0.25, -0.2) is 9.98 Å². The number of hydrogen-bond donors (Lipinski definition) is 0. The van der Waals surface area contributed by atoms with Gasteiger partial charge in [-0.1, -0.05) is 44.2 Å². The quantitative estimate of drug-likeness (QED) is 0.379. The van der Waals surface area contributed by atoms with Crippen LogP contribution in [0, 0.1) is 5.95 Å². The molecule has 1 saturated carbocycles. The summed E-state index contributed by atoms with van der Waals surface area (Å²) >= 11 is 1.67. The lowest BCUT2D eigenvalue weighted by Crippen LogP contribution is -2.51. The van der Waals surface area contributed by atoms with Crippen LogP contribution in [0.25, 0.3) is 11.3 Å². The zero-order chi connectivity index (χ0) is 24.3. The molecule has 2 aliphatic heterocycles. The number of aliphatic imine (C=N–C) groups is 1. The van der Waals surface area contributed by atoms with Gasteiger partial charge < -0.3 is 0 Å². The Balaban J connectivity index is 1.38. The van der Waals surface area contributed by atoms with Crippen molar-refractivity contribution in [3.63, 3.8) is 0 Å². The number of thioether (sulfide) groups is 1. The molecular weight excluding hydrogens is 463 g/mol. The van der Waals surface area contributed by atoms with Crippen molar-refractivity contribution >= 4 is 29.4 Å². The molecule has 3 aliphatic rings. The lowest BCUT2D eigenvalue weighted by Gasteiger charge is -2.34. The second-order valence-corrected chi connectivity index (χ2v) is 11.2. The van der Waals surface area contributed by atoms with Crippen LogP contribution in [0.5, 0.6) is 0 Å². The van der Waals surface area contributed by atoms with E-state index in [-0.39, 0.29) is 18.0 Å². The molecule has 9 heteroatoms. The molecule has 0 saturated heterocycles. The monoisotopic (exact) mass is 490 g/mol. The number of anilines is 1. The van der Waals surface area contributed by atoms with Crippen LogP contribution in [0.1, 0.15) is 49.0 Å². The fourth-order valence-electron chi connectivity index (χ4n) is 5.25. The zero-order valence-electron chi connectivity index (χ0n) is 20.0. The normalized spacial score (nSPS) is 20.8. The highest BCUT2D eigenvalue weighted by atomic mass is 32.2. The average molecular weight is 491 g/mol. The summed E-state index contributed by atoms with van der Waals surface area (Å²) in [6, 6.07) is 13.2. The predicted molar refractivity (Wildman–Crippen MR) is 135 cm³/mol. The Bertz CT molecular complexity index is 1330. The number of fused-ring (bicyclic) bond motifs is 5. The number of guanidine groups is 1. The molecule has 0 N–H and O–H groups in total. The first kappa shape index (κ1) is 22.3. The van der Waals surface area contributed by atoms with E-state index in [1.54, 1.807) is 28.8 Å². The Morgan fingerprint density at radius 3 is 2.69 bits per heavy atom. The van der Waals surface area contributed by atoms with E-state index in [0.29, 0.717) is 23.1 Å². The van der Waals surface area contributed by atoms with E-state index in [2.05, 4.69) is 23.7 Å². The molecule has 2 atom stereocenters. The van der Waals surface area contributed by atoms with Gasteiger partial charge in [0.2, 0.25) is 11.9 Å². The molecule has 3 aromatic rings. The Labute approximate surface area is 208 Å². The van der Waals surface area contributed by atoms with E-state index in [4.69, 9.17) is 10.1 Å². The summed E-state index contributed by atoms with van der Waals surface area (Å²) in [5.74, 6) is 0.935. The molecule has 1 fully saturated rings. The van der Waals surface area contributed by atoms with Gasteiger partial charge in [0.05, 0.1) is 24.3 Å². The molecule has 1 aromatic carbocycles. The molecule has 180 valence electrons. The van der Waals surface area contributed by atoms with E-state index in [0.717, 1.165) is 47.2 Å². The van der Waals surface area contributed by atoms with Gasteiger partial charge in [-0.3, -0.25) is 19.3 Å². The Morgan fingerprint density at radius 1 is 1.14 bits per heavy atom. The van der Waals surface area contributed by atoms with E-state index in [9.17, 15) is 9.18 Å². The second-order valence-electron chi connectivity index (χ2n) is 9.60. The minimum absolute atomic E-state index is 0.0445. The Kier molecular flexibility index (Phi) is 5.40. The molecule has 35 heavy (non-hydrogen) atoms. The molecule has 0 bridgehead atoms. The zero-order valence-corrected chi connectivity index (χ0v) is 20.8. The topological polar surface area (TPSA) is 66.6 Å². The number of nitrogens with zero attached hydrogens (tertiary/aromatic N) is 6. The Hall–Kier alpha value is -3.20. The van der Waals surface area contributed by atoms with Crippen molar-refractivity contribution in [3.05, 3.63) is 59.5 Å². The van der Waals surface area contributed by atoms with Crippen LogP contribution in [0.3, 0.4) is 0 Å². The largest absolute Gasteiger partial charge is 0.289 e. The molecule has 0 radical (unpaired) electrons. The third-order valence-electron chi connectivity index (χ3n) is 6.85. The average Bonchev–Trinajstić information content (AvgIpc) is 3.51. The van der Waals surface area contributed by atoms with E-state index >= 15 is 0 Å². The number of hydrogen-bond acceptors (Lipinski definition) is 6. The first-order chi connectivity index (χ1) is 16.9. The Morgan fingerprint density at radius 2 is 1.94 bits per heavy atom. The van der Waals surface area contributed by atoms with Crippen molar-refractivity contribution in [3.8, 4) is 11.3 Å². The lowest BCUT2D eigenvalue weighted by atomic mass is 10.1. The molecule has 7 nitrogen and oxygen atoms in total. The van der Waals surface area contributed by atoms with Gasteiger partial charge in [-0.05, 0) is 37.0 Å². The van der Waals surface area contributed by atoms with Crippen LogP contribution in [0.4, 0.5) is 10.2 Å². The highest BCUT2D eigenvalue weighted by molar-refractivity contribution is 7.99.